The van der Waals surface area contributed by atoms with Crippen molar-refractivity contribution < 1.29 is 13.2 Å². The van der Waals surface area contributed by atoms with Crippen molar-refractivity contribution >= 4 is 37.5 Å². The number of sulfonamides is 1. The van der Waals surface area contributed by atoms with Crippen LogP contribution in [0.5, 0.6) is 0 Å². The zero-order valence-corrected chi connectivity index (χ0v) is 17.3. The SMILES string of the molecule is C[C@H](CCc1ccccc1)NC(=O)CN(c1ccccc1Br)S(C)(=O)=O. The summed E-state index contributed by atoms with van der Waals surface area (Å²) in [6.07, 6.45) is 2.73. The fourth-order valence-electron chi connectivity index (χ4n) is 2.59. The molecule has 5 nitrogen and oxygen atoms in total. The Hall–Kier alpha value is -1.86. The molecule has 0 heterocycles. The van der Waals surface area contributed by atoms with E-state index in [9.17, 15) is 13.2 Å². The molecule has 0 spiro atoms. The molecule has 1 amide bonds. The molecule has 7 heteroatoms. The summed E-state index contributed by atoms with van der Waals surface area (Å²) >= 11 is 3.34. The number of rotatable bonds is 8. The zero-order chi connectivity index (χ0) is 19.2. The Bertz CT molecular complexity index is 841. The summed E-state index contributed by atoms with van der Waals surface area (Å²) in [5.74, 6) is -0.327. The van der Waals surface area contributed by atoms with E-state index in [4.69, 9.17) is 0 Å². The number of carbonyl (C=O) groups excluding carboxylic acids is 1. The van der Waals surface area contributed by atoms with Crippen LogP contribution in [0.1, 0.15) is 18.9 Å². The van der Waals surface area contributed by atoms with Crippen LogP contribution in [-0.4, -0.2) is 33.2 Å². The van der Waals surface area contributed by atoms with Crippen LogP contribution in [0.3, 0.4) is 0 Å². The average molecular weight is 439 g/mol. The monoisotopic (exact) mass is 438 g/mol. The molecule has 0 bridgehead atoms. The highest BCUT2D eigenvalue weighted by atomic mass is 79.9. The van der Waals surface area contributed by atoms with Gasteiger partial charge in [-0.15, -0.1) is 0 Å². The summed E-state index contributed by atoms with van der Waals surface area (Å²) in [6, 6.07) is 16.9. The molecular formula is C19H23BrN2O3S. The first-order chi connectivity index (χ1) is 12.3. The van der Waals surface area contributed by atoms with Crippen LogP contribution in [0.15, 0.2) is 59.1 Å². The maximum absolute atomic E-state index is 12.4. The summed E-state index contributed by atoms with van der Waals surface area (Å²) in [4.78, 5) is 12.4. The second kappa shape index (κ2) is 9.19. The van der Waals surface area contributed by atoms with Crippen LogP contribution >= 0.6 is 15.9 Å². The molecule has 1 N–H and O–H groups in total. The maximum Gasteiger partial charge on any atom is 0.240 e. The van der Waals surface area contributed by atoms with Crippen molar-refractivity contribution in [3.63, 3.8) is 0 Å². The van der Waals surface area contributed by atoms with Crippen molar-refractivity contribution in [2.45, 2.75) is 25.8 Å². The number of nitrogens with one attached hydrogen (secondary N) is 1. The average Bonchev–Trinajstić information content (AvgIpc) is 2.59. The van der Waals surface area contributed by atoms with Crippen molar-refractivity contribution in [3.05, 3.63) is 64.6 Å². The molecule has 0 fully saturated rings. The molecule has 0 unspecified atom stereocenters. The van der Waals surface area contributed by atoms with E-state index in [2.05, 4.69) is 21.2 Å². The summed E-state index contributed by atoms with van der Waals surface area (Å²) in [7, 11) is -3.58. The van der Waals surface area contributed by atoms with Crippen molar-refractivity contribution in [2.75, 3.05) is 17.1 Å². The molecule has 0 aliphatic rings. The predicted octanol–water partition coefficient (Wildman–Crippen LogP) is 3.35. The van der Waals surface area contributed by atoms with Crippen molar-refractivity contribution in [1.82, 2.24) is 5.32 Å². The highest BCUT2D eigenvalue weighted by molar-refractivity contribution is 9.10. The van der Waals surface area contributed by atoms with Crippen LogP contribution in [0, 0.1) is 0 Å². The fraction of sp³-hybridized carbons (Fsp3) is 0.316. The fourth-order valence-corrected chi connectivity index (χ4v) is 4.07. The minimum Gasteiger partial charge on any atom is -0.352 e. The third kappa shape index (κ3) is 6.14. The van der Waals surface area contributed by atoms with Crippen LogP contribution in [-0.2, 0) is 21.2 Å². The van der Waals surface area contributed by atoms with E-state index in [1.165, 1.54) is 5.56 Å². The van der Waals surface area contributed by atoms with Gasteiger partial charge in [0.1, 0.15) is 6.54 Å². The number of anilines is 1. The Balaban J connectivity index is 1.98. The van der Waals surface area contributed by atoms with E-state index in [0.29, 0.717) is 10.2 Å². The van der Waals surface area contributed by atoms with Gasteiger partial charge in [-0.2, -0.15) is 0 Å². The van der Waals surface area contributed by atoms with Gasteiger partial charge in [0.15, 0.2) is 0 Å². The van der Waals surface area contributed by atoms with Crippen LogP contribution in [0.25, 0.3) is 0 Å². The lowest BCUT2D eigenvalue weighted by molar-refractivity contribution is -0.120. The van der Waals surface area contributed by atoms with E-state index in [1.54, 1.807) is 24.3 Å². The number of amides is 1. The van der Waals surface area contributed by atoms with Crippen molar-refractivity contribution in [3.8, 4) is 0 Å². The smallest absolute Gasteiger partial charge is 0.240 e. The van der Waals surface area contributed by atoms with Crippen molar-refractivity contribution in [1.29, 1.82) is 0 Å². The lowest BCUT2D eigenvalue weighted by atomic mass is 10.1. The summed E-state index contributed by atoms with van der Waals surface area (Å²) in [5, 5.41) is 2.88. The van der Waals surface area contributed by atoms with Crippen molar-refractivity contribution in [2.24, 2.45) is 0 Å². The Kier molecular flexibility index (Phi) is 7.23. The lowest BCUT2D eigenvalue weighted by Crippen LogP contribution is -2.43. The third-order valence-electron chi connectivity index (χ3n) is 3.92. The molecule has 1 atom stereocenters. The van der Waals surface area contributed by atoms with Crippen LogP contribution < -0.4 is 9.62 Å². The first kappa shape index (κ1) is 20.5. The summed E-state index contributed by atoms with van der Waals surface area (Å²) in [5.41, 5.74) is 1.65. The summed E-state index contributed by atoms with van der Waals surface area (Å²) in [6.45, 7) is 1.67. The van der Waals surface area contributed by atoms with Gasteiger partial charge in [-0.3, -0.25) is 9.10 Å². The van der Waals surface area contributed by atoms with Gasteiger partial charge in [-0.1, -0.05) is 42.5 Å². The van der Waals surface area contributed by atoms with E-state index < -0.39 is 10.0 Å². The number of benzene rings is 2. The van der Waals surface area contributed by atoms with Crippen LogP contribution in [0.4, 0.5) is 5.69 Å². The zero-order valence-electron chi connectivity index (χ0n) is 14.9. The number of hydrogen-bond donors (Lipinski definition) is 1. The van der Waals surface area contributed by atoms with Gasteiger partial charge in [0.25, 0.3) is 0 Å². The predicted molar refractivity (Wildman–Crippen MR) is 109 cm³/mol. The van der Waals surface area contributed by atoms with E-state index in [1.807, 2.05) is 37.3 Å². The van der Waals surface area contributed by atoms with Gasteiger partial charge >= 0.3 is 0 Å². The van der Waals surface area contributed by atoms with Gasteiger partial charge in [0, 0.05) is 10.5 Å². The largest absolute Gasteiger partial charge is 0.352 e. The Labute approximate surface area is 163 Å². The van der Waals surface area contributed by atoms with Gasteiger partial charge in [0.05, 0.1) is 11.9 Å². The van der Waals surface area contributed by atoms with Crippen LogP contribution in [0.2, 0.25) is 0 Å². The maximum atomic E-state index is 12.4. The second-order valence-electron chi connectivity index (χ2n) is 6.21. The van der Waals surface area contributed by atoms with Gasteiger partial charge in [-0.05, 0) is 53.4 Å². The number of hydrogen-bond acceptors (Lipinski definition) is 3. The Morgan fingerprint density at radius 3 is 2.35 bits per heavy atom. The third-order valence-corrected chi connectivity index (χ3v) is 5.72. The van der Waals surface area contributed by atoms with Gasteiger partial charge in [-0.25, -0.2) is 8.42 Å². The molecule has 0 aliphatic carbocycles. The van der Waals surface area contributed by atoms with E-state index in [0.717, 1.165) is 23.4 Å². The first-order valence-electron chi connectivity index (χ1n) is 8.33. The number of aryl methyl sites for hydroxylation is 1. The Morgan fingerprint density at radius 2 is 1.73 bits per heavy atom. The van der Waals surface area contributed by atoms with E-state index >= 15 is 0 Å². The summed E-state index contributed by atoms with van der Waals surface area (Å²) < 4.78 is 26.0. The number of para-hydroxylation sites is 1. The molecule has 140 valence electrons. The molecule has 0 saturated carbocycles. The quantitative estimate of drug-likeness (QED) is 0.686. The molecule has 2 aromatic rings. The number of nitrogens with zero attached hydrogens (tertiary/aromatic N) is 1. The molecule has 0 radical (unpaired) electrons. The molecule has 0 aliphatic heterocycles. The molecular weight excluding hydrogens is 416 g/mol. The number of carbonyl (C=O) groups is 1. The molecule has 2 rings (SSSR count). The van der Waals surface area contributed by atoms with Gasteiger partial charge in [0.2, 0.25) is 15.9 Å². The second-order valence-corrected chi connectivity index (χ2v) is 8.98. The van der Waals surface area contributed by atoms with E-state index in [-0.39, 0.29) is 18.5 Å². The minimum absolute atomic E-state index is 0.0525. The highest BCUT2D eigenvalue weighted by Crippen LogP contribution is 2.27. The van der Waals surface area contributed by atoms with Gasteiger partial charge < -0.3 is 5.32 Å². The number of halogens is 1. The molecule has 0 aromatic heterocycles. The standard InChI is InChI=1S/C19H23BrN2O3S/c1-15(12-13-16-8-4-3-5-9-16)21-19(23)14-22(26(2,24)25)18-11-7-6-10-17(18)20/h3-11,15H,12-14H2,1-2H3,(H,21,23)/t15-/m1/s1. The normalized spacial score (nSPS) is 12.4. The highest BCUT2D eigenvalue weighted by Gasteiger charge is 2.23. The minimum atomic E-state index is -3.58. The lowest BCUT2D eigenvalue weighted by Gasteiger charge is -2.24. The first-order valence-corrected chi connectivity index (χ1v) is 11.0. The molecule has 0 saturated heterocycles. The topological polar surface area (TPSA) is 66.5 Å². The molecule has 2 aromatic carbocycles. The Morgan fingerprint density at radius 1 is 1.12 bits per heavy atom. The molecule has 26 heavy (non-hydrogen) atoms.